The molecule has 0 amide bonds. The molecule has 118 valence electrons. The fourth-order valence-corrected chi connectivity index (χ4v) is 3.60. The minimum atomic E-state index is -3.42. The first-order valence-corrected chi connectivity index (χ1v) is 8.87. The molecule has 0 saturated carbocycles. The van der Waals surface area contributed by atoms with E-state index in [1.807, 2.05) is 73.5 Å². The summed E-state index contributed by atoms with van der Waals surface area (Å²) in [5.41, 5.74) is 3.48. The number of anilines is 1. The predicted octanol–water partition coefficient (Wildman–Crippen LogP) is 3.56. The number of para-hydroxylation sites is 1. The third kappa shape index (κ3) is 3.46. The summed E-state index contributed by atoms with van der Waals surface area (Å²) in [6, 6.07) is 17.3. The lowest BCUT2D eigenvalue weighted by atomic mass is 10.1. The molecular formula is C18H18N2O2S. The summed E-state index contributed by atoms with van der Waals surface area (Å²) in [4.78, 5) is 1.85. The molecule has 0 radical (unpaired) electrons. The summed E-state index contributed by atoms with van der Waals surface area (Å²) < 4.78 is 24.5. The Bertz CT molecular complexity index is 867. The minimum absolute atomic E-state index is 0.522. The van der Waals surface area contributed by atoms with Crippen molar-refractivity contribution in [3.8, 4) is 0 Å². The van der Waals surface area contributed by atoms with Crippen LogP contribution in [0.2, 0.25) is 0 Å². The van der Waals surface area contributed by atoms with Crippen molar-refractivity contribution < 1.29 is 8.42 Å². The van der Waals surface area contributed by atoms with Gasteiger partial charge in [-0.25, -0.2) is 8.42 Å². The van der Waals surface area contributed by atoms with Crippen molar-refractivity contribution in [2.45, 2.75) is 6.92 Å². The van der Waals surface area contributed by atoms with Crippen LogP contribution < -0.4 is 5.32 Å². The molecule has 1 N–H and O–H groups in total. The number of hydrogen-bond acceptors (Lipinski definition) is 4. The van der Waals surface area contributed by atoms with Gasteiger partial charge in [0.05, 0.1) is 16.5 Å². The first-order valence-electron chi connectivity index (χ1n) is 7.26. The second-order valence-electron chi connectivity index (χ2n) is 5.51. The first-order chi connectivity index (χ1) is 10.9. The van der Waals surface area contributed by atoms with Crippen LogP contribution in [-0.2, 0) is 9.84 Å². The second kappa shape index (κ2) is 5.93. The van der Waals surface area contributed by atoms with Crippen LogP contribution in [0.25, 0.3) is 5.70 Å². The molecule has 0 bridgehead atoms. The summed E-state index contributed by atoms with van der Waals surface area (Å²) in [6.07, 6.45) is 0. The maximum Gasteiger partial charge on any atom is 0.198 e. The quantitative estimate of drug-likeness (QED) is 0.937. The molecule has 3 rings (SSSR count). The molecule has 0 unspecified atom stereocenters. The molecule has 1 aliphatic heterocycles. The van der Waals surface area contributed by atoms with Crippen LogP contribution in [0.3, 0.4) is 0 Å². The van der Waals surface area contributed by atoms with Crippen molar-refractivity contribution >= 4 is 21.2 Å². The highest BCUT2D eigenvalue weighted by molar-refractivity contribution is 7.97. The molecular weight excluding hydrogens is 308 g/mol. The highest BCUT2D eigenvalue weighted by Crippen LogP contribution is 2.29. The molecule has 0 fully saturated rings. The summed E-state index contributed by atoms with van der Waals surface area (Å²) >= 11 is 0. The predicted molar refractivity (Wildman–Crippen MR) is 94.0 cm³/mol. The number of benzene rings is 2. The zero-order valence-corrected chi connectivity index (χ0v) is 13.8. The van der Waals surface area contributed by atoms with E-state index in [1.165, 1.54) is 10.8 Å². The Morgan fingerprint density at radius 2 is 1.57 bits per heavy atom. The number of aryl methyl sites for hydroxylation is 1. The highest BCUT2D eigenvalue weighted by Gasteiger charge is 2.22. The Hall–Kier alpha value is -2.53. The number of nitrogens with one attached hydrogen (secondary N) is 1. The van der Waals surface area contributed by atoms with E-state index in [1.54, 1.807) is 0 Å². The highest BCUT2D eigenvalue weighted by atomic mass is 32.2. The fourth-order valence-electron chi connectivity index (χ4n) is 2.40. The standard InChI is InChI=1S/C18H18N2O2S/c1-14-8-10-15(11-9-14)17-12-23(21,22)13-18(20(17)2)19-16-6-4-3-5-7-16/h3-13,19H,1-2H3. The molecule has 0 atom stereocenters. The fraction of sp³-hybridized carbons (Fsp3) is 0.111. The van der Waals surface area contributed by atoms with Gasteiger partial charge in [0.15, 0.2) is 9.84 Å². The van der Waals surface area contributed by atoms with E-state index in [2.05, 4.69) is 5.32 Å². The SMILES string of the molecule is Cc1ccc(C2=CS(=O)(=O)C=C(Nc3ccccc3)N2C)cc1. The van der Waals surface area contributed by atoms with E-state index in [9.17, 15) is 8.42 Å². The van der Waals surface area contributed by atoms with Gasteiger partial charge < -0.3 is 10.2 Å². The van der Waals surface area contributed by atoms with Crippen LogP contribution in [0.5, 0.6) is 0 Å². The lowest BCUT2D eigenvalue weighted by molar-refractivity contribution is 0.584. The van der Waals surface area contributed by atoms with Crippen molar-refractivity contribution in [3.05, 3.63) is 82.4 Å². The van der Waals surface area contributed by atoms with Crippen LogP contribution in [0, 0.1) is 6.92 Å². The van der Waals surface area contributed by atoms with Crippen LogP contribution in [0.15, 0.2) is 71.2 Å². The van der Waals surface area contributed by atoms with Crippen molar-refractivity contribution in [2.75, 3.05) is 12.4 Å². The molecule has 2 aromatic carbocycles. The molecule has 1 aliphatic rings. The van der Waals surface area contributed by atoms with Gasteiger partial charge in [-0.05, 0) is 24.6 Å². The molecule has 2 aromatic rings. The van der Waals surface area contributed by atoms with E-state index in [-0.39, 0.29) is 0 Å². The summed E-state index contributed by atoms with van der Waals surface area (Å²) in [7, 11) is -1.57. The van der Waals surface area contributed by atoms with Crippen LogP contribution >= 0.6 is 0 Å². The average Bonchev–Trinajstić information content (AvgIpc) is 2.52. The van der Waals surface area contributed by atoms with E-state index in [0.29, 0.717) is 11.5 Å². The number of nitrogens with zero attached hydrogens (tertiary/aromatic N) is 1. The van der Waals surface area contributed by atoms with E-state index < -0.39 is 9.84 Å². The summed E-state index contributed by atoms with van der Waals surface area (Å²) in [5.74, 6) is 0.522. The zero-order valence-electron chi connectivity index (χ0n) is 13.0. The molecule has 0 spiro atoms. The van der Waals surface area contributed by atoms with Gasteiger partial charge in [0.25, 0.3) is 0 Å². The van der Waals surface area contributed by atoms with Crippen molar-refractivity contribution in [2.24, 2.45) is 0 Å². The van der Waals surface area contributed by atoms with Crippen LogP contribution in [0.4, 0.5) is 5.69 Å². The maximum atomic E-state index is 12.2. The van der Waals surface area contributed by atoms with Gasteiger partial charge in [-0.15, -0.1) is 0 Å². The zero-order chi connectivity index (χ0) is 16.4. The van der Waals surface area contributed by atoms with Gasteiger partial charge in [0.1, 0.15) is 5.82 Å². The molecule has 23 heavy (non-hydrogen) atoms. The van der Waals surface area contributed by atoms with Crippen molar-refractivity contribution in [1.82, 2.24) is 4.90 Å². The minimum Gasteiger partial charge on any atom is -0.341 e. The lowest BCUT2D eigenvalue weighted by Crippen LogP contribution is -2.26. The van der Waals surface area contributed by atoms with Crippen molar-refractivity contribution in [3.63, 3.8) is 0 Å². The summed E-state index contributed by atoms with van der Waals surface area (Å²) in [6.45, 7) is 2.00. The molecule has 0 saturated heterocycles. The van der Waals surface area contributed by atoms with Crippen molar-refractivity contribution in [1.29, 1.82) is 0 Å². The van der Waals surface area contributed by atoms with E-state index in [4.69, 9.17) is 0 Å². The normalized spacial score (nSPS) is 16.5. The third-order valence-corrected chi connectivity index (χ3v) is 4.77. The Kier molecular flexibility index (Phi) is 3.96. The Morgan fingerprint density at radius 1 is 0.913 bits per heavy atom. The van der Waals surface area contributed by atoms with Gasteiger partial charge in [-0.1, -0.05) is 48.0 Å². The number of sulfone groups is 1. The van der Waals surface area contributed by atoms with Gasteiger partial charge in [-0.2, -0.15) is 0 Å². The van der Waals surface area contributed by atoms with Crippen LogP contribution in [0.1, 0.15) is 11.1 Å². The molecule has 0 aliphatic carbocycles. The monoisotopic (exact) mass is 326 g/mol. The molecule has 0 aromatic heterocycles. The second-order valence-corrected chi connectivity index (χ2v) is 7.16. The number of hydrogen-bond donors (Lipinski definition) is 1. The Morgan fingerprint density at radius 3 is 2.22 bits per heavy atom. The Balaban J connectivity index is 1.97. The van der Waals surface area contributed by atoms with Gasteiger partial charge in [0.2, 0.25) is 0 Å². The molecule has 4 nitrogen and oxygen atoms in total. The Labute approximate surface area is 136 Å². The van der Waals surface area contributed by atoms with Gasteiger partial charge in [0, 0.05) is 12.7 Å². The molecule has 5 heteroatoms. The smallest absolute Gasteiger partial charge is 0.198 e. The summed E-state index contributed by atoms with van der Waals surface area (Å²) in [5, 5.41) is 5.71. The van der Waals surface area contributed by atoms with Crippen LogP contribution in [-0.4, -0.2) is 20.4 Å². The lowest BCUT2D eigenvalue weighted by Gasteiger charge is -2.29. The maximum absolute atomic E-state index is 12.2. The molecule has 1 heterocycles. The van der Waals surface area contributed by atoms with E-state index >= 15 is 0 Å². The third-order valence-electron chi connectivity index (χ3n) is 3.67. The average molecular weight is 326 g/mol. The van der Waals surface area contributed by atoms with E-state index in [0.717, 1.165) is 16.8 Å². The largest absolute Gasteiger partial charge is 0.341 e. The number of rotatable bonds is 3. The topological polar surface area (TPSA) is 49.4 Å². The van der Waals surface area contributed by atoms with Gasteiger partial charge in [-0.3, -0.25) is 0 Å². The van der Waals surface area contributed by atoms with Gasteiger partial charge >= 0.3 is 0 Å². The first kappa shape index (κ1) is 15.4.